The fraction of sp³-hybridized carbons (Fsp3) is 0.627. The molecule has 0 aromatic heterocycles. The number of aliphatic carboxylic acids is 4. The van der Waals surface area contributed by atoms with Gasteiger partial charge in [-0.25, -0.2) is 0 Å². The summed E-state index contributed by atoms with van der Waals surface area (Å²) < 4.78 is 0. The van der Waals surface area contributed by atoms with Gasteiger partial charge in [0.1, 0.15) is 6.04 Å². The predicted molar refractivity (Wildman–Crippen MR) is 364 cm³/mol. The molecule has 0 aromatic rings. The maximum atomic E-state index is 12.0. The van der Waals surface area contributed by atoms with E-state index in [2.05, 4.69) is 31.7 Å². The maximum Gasteiger partial charge on any atom is 0.303 e. The third-order valence-corrected chi connectivity index (χ3v) is 14.7. The van der Waals surface area contributed by atoms with E-state index >= 15 is 0 Å². The van der Waals surface area contributed by atoms with Crippen molar-refractivity contribution in [3.05, 3.63) is 79.1 Å². The largest absolute Gasteiger partial charge is 0.550 e. The predicted octanol–water partition coefficient (Wildman–Crippen LogP) is 8.79. The Labute approximate surface area is 581 Å². The molecule has 0 aliphatic heterocycles. The summed E-state index contributed by atoms with van der Waals surface area (Å²) in [6, 6.07) is 0.486. The van der Waals surface area contributed by atoms with E-state index in [0.717, 1.165) is 28.4 Å². The first-order chi connectivity index (χ1) is 41.3. The van der Waals surface area contributed by atoms with Crippen molar-refractivity contribution in [2.45, 2.75) is 280 Å². The van der Waals surface area contributed by atoms with Crippen molar-refractivity contribution in [2.75, 3.05) is 0 Å². The molecule has 17 N–H and O–H groups in total. The number of carbonyl (C=O) groups is 9. The van der Waals surface area contributed by atoms with Gasteiger partial charge in [0.15, 0.2) is 28.9 Å². The van der Waals surface area contributed by atoms with E-state index in [1.807, 2.05) is 83.1 Å². The summed E-state index contributed by atoms with van der Waals surface area (Å²) in [6.45, 7) is 43.9. The second-order valence-electron chi connectivity index (χ2n) is 22.8. The van der Waals surface area contributed by atoms with E-state index < -0.39 is 23.9 Å². The van der Waals surface area contributed by atoms with Gasteiger partial charge in [-0.2, -0.15) is 0 Å². The van der Waals surface area contributed by atoms with E-state index in [4.69, 9.17) is 37.0 Å². The Kier molecular flexibility index (Phi) is 63.8. The average molecular weight is 1430 g/mol. The van der Waals surface area contributed by atoms with E-state index in [9.17, 15) is 58.5 Å². The molecule has 8 atom stereocenters. The molecule has 2 radical (unpaired) electrons. The molecule has 0 aliphatic carbocycles. The van der Waals surface area contributed by atoms with Crippen molar-refractivity contribution >= 4 is 64.2 Å². The minimum absolute atomic E-state index is 0. The van der Waals surface area contributed by atoms with Gasteiger partial charge in [0, 0.05) is 157 Å². The van der Waals surface area contributed by atoms with Gasteiger partial charge in [-0.3, -0.25) is 48.3 Å². The van der Waals surface area contributed by atoms with Crippen molar-refractivity contribution in [3.63, 3.8) is 0 Å². The van der Waals surface area contributed by atoms with Crippen LogP contribution in [0.4, 0.5) is 0 Å². The van der Waals surface area contributed by atoms with Crippen molar-refractivity contribution in [3.8, 4) is 0 Å². The van der Waals surface area contributed by atoms with Gasteiger partial charge in [-0.1, -0.05) is 7.43 Å². The van der Waals surface area contributed by atoms with Crippen LogP contribution in [0.2, 0.25) is 0 Å². The Hall–Kier alpha value is -6.76. The molecule has 0 aliphatic rings. The average Bonchev–Trinajstić information content (AvgIpc) is 2.95. The number of hydrogen-bond donors (Lipinski definition) is 13. The summed E-state index contributed by atoms with van der Waals surface area (Å²) in [6.07, 6.45) is -0.566. The number of ketones is 5. The summed E-state index contributed by atoms with van der Waals surface area (Å²) >= 11 is 0. The van der Waals surface area contributed by atoms with Crippen LogP contribution >= 0.6 is 0 Å². The van der Waals surface area contributed by atoms with Gasteiger partial charge in [-0.05, 0) is 180 Å². The minimum atomic E-state index is -1.20. The summed E-state index contributed by atoms with van der Waals surface area (Å²) in [5.74, 6) is -4.45. The van der Waals surface area contributed by atoms with Crippen molar-refractivity contribution in [2.24, 2.45) is 21.5 Å². The molecule has 27 heteroatoms. The molecule has 0 spiro atoms. The number of nitrogens with zero attached hydrogens (tertiary/aromatic N) is 2. The first-order valence-electron chi connectivity index (χ1n) is 30.0. The summed E-state index contributed by atoms with van der Waals surface area (Å²) in [4.78, 5) is 107. The van der Waals surface area contributed by atoms with Crippen LogP contribution in [0.1, 0.15) is 232 Å². The SMILES string of the molecule is C.C/C(NC(C)C(C)[NH3+])=C(\C)C(=O)CCC(=O)[O-].CC(=NC(C)C(C)N=C(C)C(C)=C(O)CCC(=O)O)C(C)=C(C)O.CC(=O)/C(C)=C(/C)O.CC(=O)C(C)=C(C)NC(C)C(C)NC(C)=C(C)C(=O)CCC(=O)O.CC(=O)C(C)=C(O)CCC(=O)O.CC(N)C(C)N.[Co].[Co]. The molecule has 0 rings (SSSR count). The molecule has 0 bridgehead atoms. The van der Waals surface area contributed by atoms with Crippen LogP contribution in [0.15, 0.2) is 89.1 Å². The van der Waals surface area contributed by atoms with Crippen LogP contribution in [0.5, 0.6) is 0 Å². The standard InChI is InChI=1S/2C18H30N2O4.C12H22N2O3.C8H12O4.C6H10O2.C4H12N2.CH4.2Co/c2*1-10(16(7)21)12(3)19-14(5)15(6)20-13(4)11(2)17(22)8-9-18(23)24;1-7(11(15)5-6-12(16)17)9(3)14-10(4)8(2)13;1-5(6(2)9)7(10)3-4-8(11)12;1-4(5(2)7)6(3)8;1-3(5)4(2)6;;;/h14-15,21-22H,8-9H2,1-7H3,(H,23,24);14-15,19-20H,8-9H2,1-7H3,(H,23,24);8,10,14H,5-6,13H2,1-4H3,(H,16,17);10H,3-4H2,1-2H3,(H,11,12);7H,1-3H3;3-4H,5-6H2,1-2H3;1H4;;/b;;9-7-;;5-4-;;;;. The van der Waals surface area contributed by atoms with Crippen LogP contribution in [0, 0.1) is 0 Å². The summed E-state index contributed by atoms with van der Waals surface area (Å²) in [5, 5.41) is 82.8. The second-order valence-corrected chi connectivity index (χ2v) is 22.8. The zero-order chi connectivity index (χ0) is 73.2. The number of carboxylic acids is 4. The number of aliphatic hydroxyl groups is 4. The number of allylic oxidation sites excluding steroid dienone is 14. The number of nitrogens with one attached hydrogen (secondary N) is 3. The van der Waals surface area contributed by atoms with E-state index in [1.54, 1.807) is 55.4 Å². The fourth-order valence-electron chi connectivity index (χ4n) is 6.01. The zero-order valence-electron chi connectivity index (χ0n) is 59.9. The summed E-state index contributed by atoms with van der Waals surface area (Å²) in [5.41, 5.74) is 22.1. The number of quaternary nitrogens is 1. The molecule has 0 aromatic carbocycles. The molecule has 0 heterocycles. The topological polar surface area (TPSA) is 459 Å². The van der Waals surface area contributed by atoms with E-state index in [1.165, 1.54) is 34.6 Å². The van der Waals surface area contributed by atoms with Crippen LogP contribution < -0.4 is 38.3 Å². The van der Waals surface area contributed by atoms with Crippen molar-refractivity contribution in [1.82, 2.24) is 16.0 Å². The first kappa shape index (κ1) is 106. The molecule has 25 nitrogen and oxygen atoms in total. The Balaban J connectivity index is -0.000000138. The maximum absolute atomic E-state index is 12.0. The zero-order valence-corrected chi connectivity index (χ0v) is 62.0. The number of rotatable bonds is 31. The molecule has 0 amide bonds. The third-order valence-electron chi connectivity index (χ3n) is 14.7. The van der Waals surface area contributed by atoms with Gasteiger partial charge in [-0.15, -0.1) is 0 Å². The van der Waals surface area contributed by atoms with Crippen LogP contribution in [0.25, 0.3) is 0 Å². The van der Waals surface area contributed by atoms with Crippen LogP contribution in [0.3, 0.4) is 0 Å². The van der Waals surface area contributed by atoms with Gasteiger partial charge in [0.2, 0.25) is 0 Å². The number of aliphatic imine (C=N–C) groups is 2. The normalized spacial score (nSPS) is 15.3. The number of nitrogens with two attached hydrogens (primary N) is 2. The molecule has 8 unspecified atom stereocenters. The van der Waals surface area contributed by atoms with E-state index in [0.29, 0.717) is 33.6 Å². The molecule has 548 valence electrons. The van der Waals surface area contributed by atoms with Crippen molar-refractivity contribution in [1.29, 1.82) is 0 Å². The Morgan fingerprint density at radius 1 is 0.383 bits per heavy atom. The Bertz CT molecular complexity index is 2720. The van der Waals surface area contributed by atoms with Gasteiger partial charge in [0.25, 0.3) is 0 Å². The molecular weight excluding hydrogens is 1310 g/mol. The first-order valence-corrected chi connectivity index (χ1v) is 30.0. The third kappa shape index (κ3) is 54.6. The second kappa shape index (κ2) is 56.6. The molecule has 94 heavy (non-hydrogen) atoms. The van der Waals surface area contributed by atoms with Crippen LogP contribution in [-0.4, -0.2) is 148 Å². The smallest absolute Gasteiger partial charge is 0.303 e. The van der Waals surface area contributed by atoms with Crippen molar-refractivity contribution < 1.29 is 123 Å². The molecule has 0 saturated carbocycles. The number of aliphatic hydroxyl groups excluding tert-OH is 4. The van der Waals surface area contributed by atoms with Gasteiger partial charge >= 0.3 is 17.9 Å². The number of Topliss-reactive ketones (excluding diaryl/α,β-unsaturated/α-hetero) is 5. The van der Waals surface area contributed by atoms with E-state index in [-0.39, 0.29) is 198 Å². The van der Waals surface area contributed by atoms with Crippen LogP contribution in [-0.2, 0) is 76.7 Å². The number of carboxylic acid groups (broad SMARTS) is 4. The van der Waals surface area contributed by atoms with Gasteiger partial charge in [0.05, 0.1) is 60.4 Å². The Morgan fingerprint density at radius 2 is 0.649 bits per heavy atom. The van der Waals surface area contributed by atoms with Gasteiger partial charge < -0.3 is 78.8 Å². The molecule has 0 fully saturated rings. The summed E-state index contributed by atoms with van der Waals surface area (Å²) in [7, 11) is 0. The number of carbonyl (C=O) groups excluding carboxylic acids is 6. The minimum Gasteiger partial charge on any atom is -0.550 e. The monoisotopic (exact) mass is 1430 g/mol. The quantitative estimate of drug-likeness (QED) is 0.0175. The molecule has 0 saturated heterocycles. The molecular formula is C67H120Co2N8O17. The fourth-order valence-corrected chi connectivity index (χ4v) is 6.01. The number of hydrogen-bond acceptors (Lipinski definition) is 21. The Morgan fingerprint density at radius 3 is 0.904 bits per heavy atom.